The summed E-state index contributed by atoms with van der Waals surface area (Å²) >= 11 is 1.26. The molecule has 1 aliphatic carbocycles. The van der Waals surface area contributed by atoms with Crippen LogP contribution in [-0.4, -0.2) is 57.6 Å². The number of anilines is 1. The Bertz CT molecular complexity index is 1310. The van der Waals surface area contributed by atoms with E-state index in [0.717, 1.165) is 23.3 Å². The van der Waals surface area contributed by atoms with Crippen molar-refractivity contribution in [3.05, 3.63) is 47.6 Å². The summed E-state index contributed by atoms with van der Waals surface area (Å²) in [4.78, 5) is 33.0. The van der Waals surface area contributed by atoms with E-state index in [1.165, 1.54) is 17.5 Å². The van der Waals surface area contributed by atoms with Crippen LogP contribution in [0.3, 0.4) is 0 Å². The Kier molecular flexibility index (Phi) is 6.17. The number of thiazole rings is 1. The van der Waals surface area contributed by atoms with Gasteiger partial charge in [-0.05, 0) is 44.2 Å². The fraction of sp³-hybridized carbons (Fsp3) is 0.409. The molecule has 4 heterocycles. The summed E-state index contributed by atoms with van der Waals surface area (Å²) < 4.78 is 32.6. The number of carbonyl (C=O) groups is 1. The third kappa shape index (κ3) is 4.73. The molecule has 1 aliphatic heterocycles. The monoisotopic (exact) mass is 500 g/mol. The summed E-state index contributed by atoms with van der Waals surface area (Å²) in [7, 11) is -3.38. The average Bonchev–Trinajstić information content (AvgIpc) is 3.39. The van der Waals surface area contributed by atoms with Gasteiger partial charge in [-0.3, -0.25) is 19.5 Å². The Morgan fingerprint density at radius 1 is 1.18 bits per heavy atom. The lowest BCUT2D eigenvalue weighted by molar-refractivity contribution is 0.0735. The minimum absolute atomic E-state index is 0.170. The van der Waals surface area contributed by atoms with Crippen molar-refractivity contribution >= 4 is 33.0 Å². The van der Waals surface area contributed by atoms with Gasteiger partial charge in [-0.2, -0.15) is 0 Å². The summed E-state index contributed by atoms with van der Waals surface area (Å²) in [6.07, 6.45) is 10.9. The molecule has 1 atom stereocenters. The van der Waals surface area contributed by atoms with Gasteiger partial charge >= 0.3 is 0 Å². The highest BCUT2D eigenvalue weighted by molar-refractivity contribution is 7.93. The van der Waals surface area contributed by atoms with Crippen LogP contribution in [0.2, 0.25) is 0 Å². The van der Waals surface area contributed by atoms with Crippen LogP contribution in [0.5, 0.6) is 5.88 Å². The molecule has 178 valence electrons. The molecule has 0 spiro atoms. The highest BCUT2D eigenvalue weighted by atomic mass is 32.2. The van der Waals surface area contributed by atoms with E-state index in [4.69, 9.17) is 4.74 Å². The first-order chi connectivity index (χ1) is 16.4. The van der Waals surface area contributed by atoms with Crippen molar-refractivity contribution in [2.75, 3.05) is 17.9 Å². The van der Waals surface area contributed by atoms with E-state index in [-0.39, 0.29) is 17.2 Å². The van der Waals surface area contributed by atoms with Crippen LogP contribution in [0.4, 0.5) is 5.69 Å². The van der Waals surface area contributed by atoms with Gasteiger partial charge in [0.15, 0.2) is 5.01 Å². The van der Waals surface area contributed by atoms with Crippen molar-refractivity contribution in [2.45, 2.75) is 43.9 Å². The normalized spacial score (nSPS) is 18.1. The van der Waals surface area contributed by atoms with E-state index in [1.54, 1.807) is 35.8 Å². The van der Waals surface area contributed by atoms with Crippen LogP contribution in [-0.2, 0) is 10.0 Å². The number of hydrogen-bond acceptors (Lipinski definition) is 9. The molecule has 3 aromatic rings. The van der Waals surface area contributed by atoms with E-state index >= 15 is 0 Å². The molecule has 1 N–H and O–H groups in total. The first-order valence-corrected chi connectivity index (χ1v) is 13.5. The number of hydrogen-bond donors (Lipinski definition) is 1. The zero-order valence-corrected chi connectivity index (χ0v) is 20.2. The molecule has 10 nitrogen and oxygen atoms in total. The van der Waals surface area contributed by atoms with Crippen LogP contribution in [0.1, 0.15) is 54.0 Å². The number of ether oxygens (including phenoxy) is 1. The highest BCUT2D eigenvalue weighted by Gasteiger charge is 2.36. The van der Waals surface area contributed by atoms with Crippen molar-refractivity contribution in [3.63, 3.8) is 0 Å². The molecule has 0 aromatic carbocycles. The standard InChI is InChI=1S/C22H24N6O4S2/c1-2-32-20-13-24-11-17(26-20)19-12-25-21(33-19)22(29)28-7-3-4-18(28)14-8-15(10-23-9-14)27-34(30,31)16-5-6-16/h8-13,16,18,27H,2-7H2,1H3/t18-/m1/s1. The third-order valence-corrected chi connectivity index (χ3v) is 8.60. The number of rotatable bonds is 8. The van der Waals surface area contributed by atoms with E-state index in [1.807, 2.05) is 6.92 Å². The second kappa shape index (κ2) is 9.26. The number of nitrogens with zero attached hydrogens (tertiary/aromatic N) is 5. The molecule has 1 saturated carbocycles. The lowest BCUT2D eigenvalue weighted by Gasteiger charge is -2.24. The quantitative estimate of drug-likeness (QED) is 0.499. The molecule has 0 radical (unpaired) electrons. The van der Waals surface area contributed by atoms with Crippen LogP contribution in [0.25, 0.3) is 10.6 Å². The summed E-state index contributed by atoms with van der Waals surface area (Å²) in [5.41, 5.74) is 1.82. The second-order valence-corrected chi connectivity index (χ2v) is 11.2. The number of sulfonamides is 1. The zero-order chi connectivity index (χ0) is 23.7. The van der Waals surface area contributed by atoms with E-state index in [9.17, 15) is 13.2 Å². The molecule has 34 heavy (non-hydrogen) atoms. The van der Waals surface area contributed by atoms with Gasteiger partial charge in [0.2, 0.25) is 15.9 Å². The van der Waals surface area contributed by atoms with E-state index in [0.29, 0.717) is 48.3 Å². The topological polar surface area (TPSA) is 127 Å². The minimum atomic E-state index is -3.38. The summed E-state index contributed by atoms with van der Waals surface area (Å²) in [5.74, 6) is 0.252. The van der Waals surface area contributed by atoms with Gasteiger partial charge in [-0.25, -0.2) is 18.4 Å². The first-order valence-electron chi connectivity index (χ1n) is 11.1. The van der Waals surface area contributed by atoms with Crippen molar-refractivity contribution < 1.29 is 17.9 Å². The van der Waals surface area contributed by atoms with Crippen molar-refractivity contribution in [3.8, 4) is 16.5 Å². The predicted molar refractivity (Wildman–Crippen MR) is 127 cm³/mol. The van der Waals surface area contributed by atoms with Gasteiger partial charge in [0.25, 0.3) is 5.91 Å². The fourth-order valence-electron chi connectivity index (χ4n) is 3.98. The maximum Gasteiger partial charge on any atom is 0.283 e. The smallest absolute Gasteiger partial charge is 0.283 e. The second-order valence-electron chi connectivity index (χ2n) is 8.22. The summed E-state index contributed by atoms with van der Waals surface area (Å²) in [6, 6.07) is 1.57. The first kappa shape index (κ1) is 22.7. The van der Waals surface area contributed by atoms with Crippen LogP contribution in [0, 0.1) is 0 Å². The lowest BCUT2D eigenvalue weighted by Crippen LogP contribution is -2.30. The van der Waals surface area contributed by atoms with E-state index < -0.39 is 10.0 Å². The average molecular weight is 501 g/mol. The number of aromatic nitrogens is 4. The van der Waals surface area contributed by atoms with E-state index in [2.05, 4.69) is 24.7 Å². The molecule has 3 aromatic heterocycles. The molecule has 5 rings (SSSR count). The van der Waals surface area contributed by atoms with Crippen LogP contribution >= 0.6 is 11.3 Å². The molecule has 1 amide bonds. The van der Waals surface area contributed by atoms with Crippen molar-refractivity contribution in [2.24, 2.45) is 0 Å². The summed E-state index contributed by atoms with van der Waals surface area (Å²) in [5, 5.41) is 0.0443. The predicted octanol–water partition coefficient (Wildman–Crippen LogP) is 3.28. The van der Waals surface area contributed by atoms with Gasteiger partial charge in [-0.15, -0.1) is 11.3 Å². The molecule has 12 heteroatoms. The molecule has 1 saturated heterocycles. The van der Waals surface area contributed by atoms with Crippen molar-refractivity contribution in [1.29, 1.82) is 0 Å². The molecule has 0 bridgehead atoms. The van der Waals surface area contributed by atoms with Crippen LogP contribution in [0.15, 0.2) is 37.1 Å². The zero-order valence-electron chi connectivity index (χ0n) is 18.5. The number of likely N-dealkylation sites (tertiary alicyclic amines) is 1. The molecular formula is C22H24N6O4S2. The summed E-state index contributed by atoms with van der Waals surface area (Å²) in [6.45, 7) is 2.95. The lowest BCUT2D eigenvalue weighted by atomic mass is 10.1. The van der Waals surface area contributed by atoms with Gasteiger partial charge in [0.1, 0.15) is 5.69 Å². The van der Waals surface area contributed by atoms with Crippen molar-refractivity contribution in [1.82, 2.24) is 24.8 Å². The maximum atomic E-state index is 13.3. The number of nitrogens with one attached hydrogen (secondary N) is 1. The number of amides is 1. The third-order valence-electron chi connectivity index (χ3n) is 5.73. The highest BCUT2D eigenvalue weighted by Crippen LogP contribution is 2.36. The Labute approximate surface area is 201 Å². The number of pyridine rings is 1. The fourth-order valence-corrected chi connectivity index (χ4v) is 6.17. The Hall–Kier alpha value is -3.12. The largest absolute Gasteiger partial charge is 0.477 e. The maximum absolute atomic E-state index is 13.3. The SMILES string of the molecule is CCOc1cncc(-c2cnc(C(=O)N3CCC[C@@H]3c3cncc(NS(=O)(=O)C4CC4)c3)s2)n1. The van der Waals surface area contributed by atoms with Gasteiger partial charge in [0.05, 0.1) is 47.1 Å². The van der Waals surface area contributed by atoms with Gasteiger partial charge in [0, 0.05) is 18.9 Å². The van der Waals surface area contributed by atoms with Gasteiger partial charge in [-0.1, -0.05) is 0 Å². The Morgan fingerprint density at radius 2 is 2.00 bits per heavy atom. The number of carbonyl (C=O) groups excluding carboxylic acids is 1. The molecule has 2 aliphatic rings. The molecule has 2 fully saturated rings. The Morgan fingerprint density at radius 3 is 2.79 bits per heavy atom. The molecular weight excluding hydrogens is 476 g/mol. The van der Waals surface area contributed by atoms with Gasteiger partial charge < -0.3 is 9.64 Å². The Balaban J connectivity index is 1.34. The van der Waals surface area contributed by atoms with Crippen LogP contribution < -0.4 is 9.46 Å². The molecule has 0 unspecified atom stereocenters. The minimum Gasteiger partial charge on any atom is -0.477 e.